The van der Waals surface area contributed by atoms with E-state index >= 15 is 0 Å². The first kappa shape index (κ1) is 54.3. The smallest absolute Gasteiger partial charge is 0.251 e. The second-order valence-electron chi connectivity index (χ2n) is 19.9. The third kappa shape index (κ3) is 12.9. The first-order valence-electron chi connectivity index (χ1n) is 25.8. The molecule has 0 radical (unpaired) electrons. The van der Waals surface area contributed by atoms with Crippen LogP contribution in [0.4, 0.5) is 17.5 Å². The van der Waals surface area contributed by atoms with Gasteiger partial charge in [0.05, 0.1) is 79.8 Å². The quantitative estimate of drug-likeness (QED) is 0.0508. The second kappa shape index (κ2) is 25.0. The fraction of sp³-hybridized carbons (Fsp3) is 0.500. The maximum atomic E-state index is 13.9. The highest BCUT2D eigenvalue weighted by atomic mass is 32.1. The number of fused-ring (bicyclic) bond motifs is 3. The highest BCUT2D eigenvalue weighted by Gasteiger charge is 2.42. The van der Waals surface area contributed by atoms with Gasteiger partial charge >= 0.3 is 0 Å². The van der Waals surface area contributed by atoms with Crippen molar-refractivity contribution in [2.45, 2.75) is 110 Å². The maximum Gasteiger partial charge on any atom is 0.251 e. The standard InChI is InChI=1S/C54H68N12O8S/c1-7-41-46-40(28-55)59-32-65(46)43-30-58-53(63-49(43)66(41)38-11-8-9-12-38)61-39-19-18-37(27-44(39)71-6)50(68)56-20-22-72-23-24-73-25-26-74-31-45(67)62-48(54(3,4)5)52(70)64-21-10-13-42(64)51(69)57-29-35-14-16-36(17-15-35)47-34(2)60-33-75-47/h14-19,27,30,32-33,38,41-42,48H,7-13,20-26,29,31H2,1-6H3,(H,56,68)(H,57,69)(H,62,67)(H,58,61,63)/t41-,42+,48-/m1/s1. The van der Waals surface area contributed by atoms with Crippen LogP contribution >= 0.6 is 11.3 Å². The number of nitrogens with zero attached hydrogens (tertiary/aromatic N) is 8. The molecule has 398 valence electrons. The average molecular weight is 1050 g/mol. The third-order valence-corrected chi connectivity index (χ3v) is 14.8. The number of hydrogen-bond acceptors (Lipinski definition) is 16. The van der Waals surface area contributed by atoms with Gasteiger partial charge in [-0.05, 0) is 73.8 Å². The van der Waals surface area contributed by atoms with Gasteiger partial charge in [0.15, 0.2) is 11.5 Å². The summed E-state index contributed by atoms with van der Waals surface area (Å²) in [5.41, 5.74) is 7.25. The summed E-state index contributed by atoms with van der Waals surface area (Å²) in [5.74, 6) is 0.329. The van der Waals surface area contributed by atoms with Crippen LogP contribution in [0, 0.1) is 23.7 Å². The largest absolute Gasteiger partial charge is 0.495 e. The Bertz CT molecular complexity index is 2840. The predicted molar refractivity (Wildman–Crippen MR) is 283 cm³/mol. The summed E-state index contributed by atoms with van der Waals surface area (Å²) in [7, 11) is 1.53. The average Bonchev–Trinajstić information content (AvgIpc) is 4.28. The van der Waals surface area contributed by atoms with Crippen molar-refractivity contribution in [2.24, 2.45) is 5.41 Å². The lowest BCUT2D eigenvalue weighted by Gasteiger charge is -2.41. The first-order chi connectivity index (χ1) is 36.3. The molecule has 4 N–H and O–H groups in total. The van der Waals surface area contributed by atoms with Crippen molar-refractivity contribution in [2.75, 3.05) is 70.1 Å². The van der Waals surface area contributed by atoms with E-state index in [1.807, 2.05) is 62.0 Å². The summed E-state index contributed by atoms with van der Waals surface area (Å²) in [6.45, 7) is 11.7. The normalized spacial score (nSPS) is 16.7. The Hall–Kier alpha value is -6.99. The molecule has 2 fully saturated rings. The van der Waals surface area contributed by atoms with Crippen molar-refractivity contribution in [1.29, 1.82) is 5.26 Å². The van der Waals surface area contributed by atoms with Crippen LogP contribution in [0.3, 0.4) is 0 Å². The Labute approximate surface area is 441 Å². The number of hydrogen-bond donors (Lipinski definition) is 4. The van der Waals surface area contributed by atoms with Crippen LogP contribution in [0.5, 0.6) is 5.75 Å². The number of benzene rings is 2. The number of ether oxygens (including phenoxy) is 4. The summed E-state index contributed by atoms with van der Waals surface area (Å²) >= 11 is 1.59. The highest BCUT2D eigenvalue weighted by Crippen LogP contribution is 2.45. The third-order valence-electron chi connectivity index (χ3n) is 13.8. The molecule has 20 nitrogen and oxygen atoms in total. The lowest BCUT2D eigenvalue weighted by molar-refractivity contribution is -0.144. The Morgan fingerprint density at radius 3 is 2.36 bits per heavy atom. The van der Waals surface area contributed by atoms with Gasteiger partial charge in [-0.2, -0.15) is 10.2 Å². The van der Waals surface area contributed by atoms with Crippen molar-refractivity contribution in [3.63, 3.8) is 0 Å². The first-order valence-corrected chi connectivity index (χ1v) is 26.6. The molecule has 2 aliphatic heterocycles. The molecule has 8 rings (SSSR count). The number of carbonyl (C=O) groups excluding carboxylic acids is 4. The van der Waals surface area contributed by atoms with E-state index in [9.17, 15) is 24.4 Å². The molecule has 0 spiro atoms. The molecule has 3 atom stereocenters. The van der Waals surface area contributed by atoms with Crippen molar-refractivity contribution >= 4 is 52.4 Å². The number of carbonyl (C=O) groups is 4. The number of methoxy groups -OCH3 is 1. The molecule has 2 aromatic carbocycles. The molecular formula is C54H68N12O8S. The van der Waals surface area contributed by atoms with Crippen molar-refractivity contribution < 1.29 is 38.1 Å². The number of imidazole rings is 1. The molecular weight excluding hydrogens is 977 g/mol. The van der Waals surface area contributed by atoms with Gasteiger partial charge in [0.1, 0.15) is 42.5 Å². The molecule has 5 heterocycles. The molecule has 0 unspecified atom stereocenters. The molecule has 0 bridgehead atoms. The molecule has 5 aromatic rings. The van der Waals surface area contributed by atoms with E-state index in [2.05, 4.69) is 54.1 Å². The van der Waals surface area contributed by atoms with Crippen LogP contribution in [0.1, 0.15) is 112 Å². The predicted octanol–water partition coefficient (Wildman–Crippen LogP) is 6.55. The Morgan fingerprint density at radius 2 is 1.67 bits per heavy atom. The lowest BCUT2D eigenvalue weighted by Crippen LogP contribution is -2.58. The van der Waals surface area contributed by atoms with Gasteiger partial charge in [-0.15, -0.1) is 11.3 Å². The summed E-state index contributed by atoms with van der Waals surface area (Å²) in [6, 6.07) is 14.1. The van der Waals surface area contributed by atoms with Crippen LogP contribution in [0.15, 0.2) is 60.5 Å². The van der Waals surface area contributed by atoms with Crippen LogP contribution in [-0.2, 0) is 35.1 Å². The molecule has 3 aromatic heterocycles. The van der Waals surface area contributed by atoms with Gasteiger partial charge in [-0.3, -0.25) is 23.7 Å². The summed E-state index contributed by atoms with van der Waals surface area (Å²) < 4.78 is 24.4. The van der Waals surface area contributed by atoms with Crippen molar-refractivity contribution in [1.82, 2.24) is 45.4 Å². The summed E-state index contributed by atoms with van der Waals surface area (Å²) in [6.07, 6.45) is 9.81. The molecule has 21 heteroatoms. The monoisotopic (exact) mass is 1040 g/mol. The fourth-order valence-corrected chi connectivity index (χ4v) is 10.8. The van der Waals surface area contributed by atoms with Crippen LogP contribution in [0.25, 0.3) is 16.1 Å². The van der Waals surface area contributed by atoms with Gasteiger partial charge < -0.3 is 50.0 Å². The number of anilines is 3. The summed E-state index contributed by atoms with van der Waals surface area (Å²) in [4.78, 5) is 76.9. The number of rotatable bonds is 23. The Kier molecular flexibility index (Phi) is 18.1. The van der Waals surface area contributed by atoms with Crippen LogP contribution in [-0.4, -0.2) is 131 Å². The number of likely N-dealkylation sites (tertiary alicyclic amines) is 1. The molecule has 1 saturated heterocycles. The van der Waals surface area contributed by atoms with E-state index in [0.29, 0.717) is 54.6 Å². The minimum absolute atomic E-state index is 0.0542. The van der Waals surface area contributed by atoms with E-state index in [0.717, 1.165) is 71.0 Å². The zero-order valence-corrected chi connectivity index (χ0v) is 44.5. The van der Waals surface area contributed by atoms with E-state index in [-0.39, 0.29) is 76.0 Å². The zero-order chi connectivity index (χ0) is 53.1. The molecule has 3 aliphatic rings. The van der Waals surface area contributed by atoms with Crippen LogP contribution < -0.4 is 30.9 Å². The maximum absolute atomic E-state index is 13.9. The molecule has 1 aliphatic carbocycles. The number of nitriles is 1. The molecule has 4 amide bonds. The second-order valence-corrected chi connectivity index (χ2v) is 20.8. The Balaban J connectivity index is 0.717. The highest BCUT2D eigenvalue weighted by molar-refractivity contribution is 7.13. The lowest BCUT2D eigenvalue weighted by atomic mass is 9.85. The van der Waals surface area contributed by atoms with Crippen molar-refractivity contribution in [3.8, 4) is 27.9 Å². The summed E-state index contributed by atoms with van der Waals surface area (Å²) in [5, 5.41) is 21.9. The van der Waals surface area contributed by atoms with Gasteiger partial charge in [0.2, 0.25) is 23.7 Å². The van der Waals surface area contributed by atoms with E-state index in [4.69, 9.17) is 23.9 Å². The van der Waals surface area contributed by atoms with Gasteiger partial charge in [-0.25, -0.2) is 15.0 Å². The zero-order valence-electron chi connectivity index (χ0n) is 43.6. The fourth-order valence-electron chi connectivity index (χ4n) is 10.0. The van der Waals surface area contributed by atoms with E-state index in [1.54, 1.807) is 47.0 Å². The number of aryl methyl sites for hydroxylation is 1. The van der Waals surface area contributed by atoms with Crippen molar-refractivity contribution in [3.05, 3.63) is 88.7 Å². The SMILES string of the molecule is CC[C@@H]1c2c(C#N)ncn2-c2cnc(Nc3ccc(C(=O)NCCOCCOCCOCC(=O)N[C@H](C(=O)N4CCC[C@H]4C(=O)NCc4ccc(-c5scnc5C)cc4)C(C)(C)C)cc3OC)nc2N1C1CCCC1. The van der Waals surface area contributed by atoms with E-state index in [1.165, 1.54) is 7.11 Å². The number of thiazole rings is 1. The van der Waals surface area contributed by atoms with E-state index < -0.39 is 23.4 Å². The molecule has 1 saturated carbocycles. The number of amides is 4. The topological polar surface area (TPSA) is 240 Å². The minimum Gasteiger partial charge on any atom is -0.495 e. The Morgan fingerprint density at radius 1 is 0.920 bits per heavy atom. The van der Waals surface area contributed by atoms with Crippen LogP contribution in [0.2, 0.25) is 0 Å². The number of nitrogens with one attached hydrogen (secondary N) is 4. The van der Waals surface area contributed by atoms with Gasteiger partial charge in [-0.1, -0.05) is 64.8 Å². The van der Waals surface area contributed by atoms with Gasteiger partial charge in [0, 0.05) is 31.2 Å². The molecule has 75 heavy (non-hydrogen) atoms. The van der Waals surface area contributed by atoms with Gasteiger partial charge in [0.25, 0.3) is 5.91 Å². The minimum atomic E-state index is -0.867. The number of aromatic nitrogens is 5.